The van der Waals surface area contributed by atoms with Crippen LogP contribution in [0.15, 0.2) is 60.7 Å². The monoisotopic (exact) mass is 633 g/mol. The molecule has 228 valence electrons. The number of hydrogen-bond donors (Lipinski definition) is 2. The summed E-state index contributed by atoms with van der Waals surface area (Å²) in [5.74, 6) is -2.90. The molecule has 2 aliphatic rings. The van der Waals surface area contributed by atoms with E-state index in [2.05, 4.69) is 0 Å². The molecule has 0 aromatic heterocycles. The van der Waals surface area contributed by atoms with E-state index >= 15 is 8.78 Å². The highest BCUT2D eigenvalue weighted by Gasteiger charge is 2.58. The SMILES string of the molecule is CCC(O)(c1cc(F)c2c(c1)C(=O)N(C(CC(=O)O)c1ccc(Cl)cc1)[C@@]2(OC)c1ccc(Cl)cc1)C1(F)CCOCC1. The van der Waals surface area contributed by atoms with Gasteiger partial charge in [0, 0.05) is 48.8 Å². The molecule has 5 rings (SSSR count). The Morgan fingerprint density at radius 1 is 1.09 bits per heavy atom. The highest BCUT2D eigenvalue weighted by Crippen LogP contribution is 2.53. The minimum absolute atomic E-state index is 0.0836. The molecule has 3 atom stereocenters. The summed E-state index contributed by atoms with van der Waals surface area (Å²) in [5, 5.41) is 22.5. The Balaban J connectivity index is 1.78. The fourth-order valence-electron chi connectivity index (χ4n) is 6.49. The number of nitrogens with zero attached hydrogens (tertiary/aromatic N) is 1. The highest BCUT2D eigenvalue weighted by atomic mass is 35.5. The molecule has 0 aliphatic carbocycles. The van der Waals surface area contributed by atoms with Gasteiger partial charge in [-0.1, -0.05) is 54.4 Å². The number of ether oxygens (including phenoxy) is 2. The van der Waals surface area contributed by atoms with E-state index in [1.54, 1.807) is 55.5 Å². The first-order valence-corrected chi connectivity index (χ1v) is 14.6. The molecular formula is C32H31Cl2F2NO6. The van der Waals surface area contributed by atoms with Crippen LogP contribution in [-0.2, 0) is 25.6 Å². The standard InChI is InChI=1S/C32H31Cl2F2NO6/c1-3-31(41,30(36)12-14-43-15-13-30)21-16-24-28(25(35)17-21)32(42-2,20-6-10-23(34)11-7-20)37(29(24)40)26(18-27(38)39)19-4-8-22(33)9-5-19/h4-11,16-17,26,41H,3,12-15,18H2,1-2H3,(H,38,39)/t26?,31?,32-/m1/s1. The van der Waals surface area contributed by atoms with Crippen LogP contribution in [0.2, 0.25) is 10.0 Å². The molecule has 3 aromatic rings. The van der Waals surface area contributed by atoms with Gasteiger partial charge in [0.15, 0.2) is 5.72 Å². The van der Waals surface area contributed by atoms with Crippen molar-refractivity contribution in [1.29, 1.82) is 0 Å². The number of aliphatic hydroxyl groups is 1. The molecule has 1 amide bonds. The molecule has 7 nitrogen and oxygen atoms in total. The number of aliphatic carboxylic acids is 1. The zero-order valence-corrected chi connectivity index (χ0v) is 25.1. The fraction of sp³-hybridized carbons (Fsp3) is 0.375. The molecule has 1 saturated heterocycles. The fourth-order valence-corrected chi connectivity index (χ4v) is 6.74. The van der Waals surface area contributed by atoms with Gasteiger partial charge >= 0.3 is 5.97 Å². The van der Waals surface area contributed by atoms with Crippen LogP contribution in [-0.4, -0.2) is 53.0 Å². The molecular weight excluding hydrogens is 603 g/mol. The quantitative estimate of drug-likeness (QED) is 0.270. The highest BCUT2D eigenvalue weighted by molar-refractivity contribution is 6.30. The van der Waals surface area contributed by atoms with E-state index in [1.807, 2.05) is 0 Å². The van der Waals surface area contributed by atoms with Gasteiger partial charge in [-0.3, -0.25) is 14.5 Å². The first-order chi connectivity index (χ1) is 20.4. The number of hydrogen-bond acceptors (Lipinski definition) is 5. The Morgan fingerprint density at radius 3 is 2.21 bits per heavy atom. The third-order valence-electron chi connectivity index (χ3n) is 8.70. The molecule has 3 aromatic carbocycles. The number of benzene rings is 3. The van der Waals surface area contributed by atoms with Gasteiger partial charge in [-0.15, -0.1) is 0 Å². The van der Waals surface area contributed by atoms with Gasteiger partial charge in [-0.2, -0.15) is 0 Å². The van der Waals surface area contributed by atoms with Crippen LogP contribution >= 0.6 is 23.2 Å². The van der Waals surface area contributed by atoms with Crippen molar-refractivity contribution in [1.82, 2.24) is 4.90 Å². The predicted molar refractivity (Wildman–Crippen MR) is 156 cm³/mol. The summed E-state index contributed by atoms with van der Waals surface area (Å²) >= 11 is 12.3. The Bertz CT molecular complexity index is 1530. The van der Waals surface area contributed by atoms with Crippen LogP contribution in [0, 0.1) is 5.82 Å². The Labute approximate surface area is 257 Å². The number of amides is 1. The molecule has 0 radical (unpaired) electrons. The summed E-state index contributed by atoms with van der Waals surface area (Å²) in [6.45, 7) is 1.76. The number of fused-ring (bicyclic) bond motifs is 1. The van der Waals surface area contributed by atoms with E-state index < -0.39 is 47.2 Å². The minimum atomic E-state index is -2.13. The molecule has 1 fully saturated rings. The van der Waals surface area contributed by atoms with Gasteiger partial charge in [-0.25, -0.2) is 8.78 Å². The summed E-state index contributed by atoms with van der Waals surface area (Å²) in [6, 6.07) is 13.7. The molecule has 2 N–H and O–H groups in total. The van der Waals surface area contributed by atoms with Gasteiger partial charge in [0.25, 0.3) is 5.91 Å². The molecule has 43 heavy (non-hydrogen) atoms. The van der Waals surface area contributed by atoms with Crippen molar-refractivity contribution in [2.45, 2.75) is 55.6 Å². The average molecular weight is 635 g/mol. The van der Waals surface area contributed by atoms with E-state index in [1.165, 1.54) is 18.1 Å². The lowest BCUT2D eigenvalue weighted by atomic mass is 9.72. The van der Waals surface area contributed by atoms with E-state index in [4.69, 9.17) is 32.7 Å². The largest absolute Gasteiger partial charge is 0.481 e. The Hall–Kier alpha value is -3.08. The summed E-state index contributed by atoms with van der Waals surface area (Å²) in [4.78, 5) is 27.9. The van der Waals surface area contributed by atoms with Crippen LogP contribution in [0.3, 0.4) is 0 Å². The molecule has 0 saturated carbocycles. The smallest absolute Gasteiger partial charge is 0.305 e. The third kappa shape index (κ3) is 5.11. The number of rotatable bonds is 9. The van der Waals surface area contributed by atoms with Crippen LogP contribution < -0.4 is 0 Å². The normalized spacial score (nSPS) is 21.7. The maximum Gasteiger partial charge on any atom is 0.305 e. The predicted octanol–water partition coefficient (Wildman–Crippen LogP) is 6.77. The van der Waals surface area contributed by atoms with Crippen LogP contribution in [0.25, 0.3) is 0 Å². The number of methoxy groups -OCH3 is 1. The lowest BCUT2D eigenvalue weighted by molar-refractivity contribution is -0.155. The zero-order chi connectivity index (χ0) is 31.2. The van der Waals surface area contributed by atoms with E-state index in [-0.39, 0.29) is 49.2 Å². The molecule has 0 spiro atoms. The summed E-state index contributed by atoms with van der Waals surface area (Å²) < 4.78 is 44.3. The third-order valence-corrected chi connectivity index (χ3v) is 9.20. The number of carboxylic acids is 1. The average Bonchev–Trinajstić information content (AvgIpc) is 3.25. The van der Waals surface area contributed by atoms with E-state index in [9.17, 15) is 19.8 Å². The maximum atomic E-state index is 16.6. The number of alkyl halides is 1. The van der Waals surface area contributed by atoms with Crippen molar-refractivity contribution >= 4 is 35.1 Å². The van der Waals surface area contributed by atoms with Crippen molar-refractivity contribution in [2.75, 3.05) is 20.3 Å². The van der Waals surface area contributed by atoms with Gasteiger partial charge in [0.1, 0.15) is 17.1 Å². The molecule has 2 aliphatic heterocycles. The van der Waals surface area contributed by atoms with Crippen molar-refractivity contribution in [3.05, 3.63) is 104 Å². The second-order valence-electron chi connectivity index (χ2n) is 10.9. The summed E-state index contributed by atoms with van der Waals surface area (Å²) in [7, 11) is 1.29. The lowest BCUT2D eigenvalue weighted by Gasteiger charge is -2.44. The van der Waals surface area contributed by atoms with Crippen LogP contribution in [0.4, 0.5) is 8.78 Å². The number of carboxylic acid groups (broad SMARTS) is 1. The lowest BCUT2D eigenvalue weighted by Crippen LogP contribution is -2.51. The van der Waals surface area contributed by atoms with Crippen molar-refractivity contribution in [3.63, 3.8) is 0 Å². The Morgan fingerprint density at radius 2 is 1.67 bits per heavy atom. The van der Waals surface area contributed by atoms with Crippen molar-refractivity contribution < 1.29 is 38.1 Å². The number of carbonyl (C=O) groups is 2. The van der Waals surface area contributed by atoms with Gasteiger partial charge in [0.2, 0.25) is 0 Å². The second kappa shape index (κ2) is 11.8. The molecule has 2 unspecified atom stereocenters. The zero-order valence-electron chi connectivity index (χ0n) is 23.6. The van der Waals surface area contributed by atoms with Gasteiger partial charge in [0.05, 0.1) is 23.6 Å². The van der Waals surface area contributed by atoms with Gasteiger partial charge in [-0.05, 0) is 53.9 Å². The maximum absolute atomic E-state index is 16.6. The topological polar surface area (TPSA) is 96.3 Å². The molecule has 11 heteroatoms. The van der Waals surface area contributed by atoms with E-state index in [0.717, 1.165) is 6.07 Å². The van der Waals surface area contributed by atoms with Gasteiger partial charge < -0.3 is 19.7 Å². The van der Waals surface area contributed by atoms with Crippen molar-refractivity contribution in [2.24, 2.45) is 0 Å². The Kier molecular flexibility index (Phi) is 8.59. The second-order valence-corrected chi connectivity index (χ2v) is 11.7. The minimum Gasteiger partial charge on any atom is -0.481 e. The first kappa shape index (κ1) is 31.3. The van der Waals surface area contributed by atoms with E-state index in [0.29, 0.717) is 21.2 Å². The molecule has 2 heterocycles. The van der Waals surface area contributed by atoms with Crippen molar-refractivity contribution in [3.8, 4) is 0 Å². The molecule has 0 bridgehead atoms. The summed E-state index contributed by atoms with van der Waals surface area (Å²) in [5.41, 5.74) is -5.96. The number of halogens is 4. The summed E-state index contributed by atoms with van der Waals surface area (Å²) in [6.07, 6.45) is -0.875. The first-order valence-electron chi connectivity index (χ1n) is 13.9. The van der Waals surface area contributed by atoms with Crippen LogP contribution in [0.5, 0.6) is 0 Å². The number of carbonyl (C=O) groups excluding carboxylic acids is 1. The van der Waals surface area contributed by atoms with Crippen LogP contribution in [0.1, 0.15) is 71.3 Å².